The Hall–Kier alpha value is -3.69. The van der Waals surface area contributed by atoms with Crippen molar-refractivity contribution in [3.8, 4) is 11.1 Å². The molecule has 0 aliphatic heterocycles. The van der Waals surface area contributed by atoms with E-state index in [4.69, 9.17) is 4.84 Å². The van der Waals surface area contributed by atoms with Crippen LogP contribution in [0.25, 0.3) is 11.1 Å². The molecule has 1 aliphatic carbocycles. The van der Waals surface area contributed by atoms with Gasteiger partial charge in [-0.1, -0.05) is 53.7 Å². The van der Waals surface area contributed by atoms with E-state index >= 15 is 0 Å². The topological polar surface area (TPSA) is 108 Å². The number of benzene rings is 3. The number of nitrogens with one attached hydrogen (secondary N) is 1. The number of carbonyl (C=O) groups excluding carboxylic acids is 1. The minimum atomic E-state index is -3.67. The van der Waals surface area contributed by atoms with Crippen molar-refractivity contribution in [3.63, 3.8) is 0 Å². The summed E-state index contributed by atoms with van der Waals surface area (Å²) in [5, 5.41) is 17.4. The second-order valence-electron chi connectivity index (χ2n) is 8.00. The number of amides is 1. The number of anilines is 2. The third-order valence-electron chi connectivity index (χ3n) is 5.33. The molecule has 0 heterocycles. The number of sulfonamides is 1. The van der Waals surface area contributed by atoms with Crippen LogP contribution in [-0.4, -0.2) is 50.7 Å². The van der Waals surface area contributed by atoms with Crippen LogP contribution < -0.4 is 9.62 Å². The maximum atomic E-state index is 12.4. The molecule has 0 aromatic heterocycles. The Balaban J connectivity index is 1.47. The molecule has 9 heteroatoms. The lowest BCUT2D eigenvalue weighted by molar-refractivity contribution is -0.114. The summed E-state index contributed by atoms with van der Waals surface area (Å²) in [5.41, 5.74) is 5.58. The first-order valence-electron chi connectivity index (χ1n) is 10.7. The van der Waals surface area contributed by atoms with Crippen molar-refractivity contribution >= 4 is 33.0 Å². The van der Waals surface area contributed by atoms with Gasteiger partial charge in [-0.25, -0.2) is 8.42 Å². The fourth-order valence-electron chi connectivity index (χ4n) is 3.87. The third kappa shape index (κ3) is 5.11. The molecule has 0 saturated heterocycles. The summed E-state index contributed by atoms with van der Waals surface area (Å²) in [4.78, 5) is 16.7. The van der Waals surface area contributed by atoms with E-state index in [-0.39, 0.29) is 19.1 Å². The normalized spacial score (nSPS) is 13.0. The van der Waals surface area contributed by atoms with Gasteiger partial charge in [0.15, 0.2) is 0 Å². The van der Waals surface area contributed by atoms with Gasteiger partial charge in [0, 0.05) is 23.7 Å². The molecule has 176 valence electrons. The molecule has 1 aliphatic rings. The highest BCUT2D eigenvalue weighted by molar-refractivity contribution is 7.92. The van der Waals surface area contributed by atoms with Crippen LogP contribution >= 0.6 is 0 Å². The summed E-state index contributed by atoms with van der Waals surface area (Å²) in [5.74, 6) is -0.227. The fourth-order valence-corrected chi connectivity index (χ4v) is 4.82. The van der Waals surface area contributed by atoms with Gasteiger partial charge >= 0.3 is 0 Å². The van der Waals surface area contributed by atoms with Gasteiger partial charge in [0.05, 0.1) is 18.5 Å². The fraction of sp³-hybridized carbons (Fsp3) is 0.200. The van der Waals surface area contributed by atoms with Gasteiger partial charge in [-0.3, -0.25) is 9.10 Å². The predicted octanol–water partition coefficient (Wildman–Crippen LogP) is 3.22. The first-order chi connectivity index (χ1) is 16.2. The summed E-state index contributed by atoms with van der Waals surface area (Å²) in [6.07, 6.45) is -0.0597. The molecule has 1 amide bonds. The van der Waals surface area contributed by atoms with Crippen LogP contribution in [0.15, 0.2) is 78.0 Å². The number of aliphatic hydroxyl groups is 1. The minimum Gasteiger partial charge on any atom is -0.392 e. The summed E-state index contributed by atoms with van der Waals surface area (Å²) in [6, 6.07) is 22.1. The number of nitrogens with zero attached hydrogens (tertiary/aromatic N) is 2. The van der Waals surface area contributed by atoms with Gasteiger partial charge < -0.3 is 15.3 Å². The molecule has 34 heavy (non-hydrogen) atoms. The van der Waals surface area contributed by atoms with Crippen LogP contribution in [0, 0.1) is 0 Å². The summed E-state index contributed by atoms with van der Waals surface area (Å²) < 4.78 is 25.8. The molecular formula is C25H25N3O5S. The Morgan fingerprint density at radius 1 is 0.971 bits per heavy atom. The van der Waals surface area contributed by atoms with E-state index in [1.165, 1.54) is 6.92 Å². The molecule has 0 bridgehead atoms. The van der Waals surface area contributed by atoms with Crippen molar-refractivity contribution in [2.24, 2.45) is 5.16 Å². The lowest BCUT2D eigenvalue weighted by Gasteiger charge is -2.25. The number of oxime groups is 1. The van der Waals surface area contributed by atoms with Gasteiger partial charge in [0.1, 0.15) is 18.4 Å². The van der Waals surface area contributed by atoms with E-state index in [1.807, 2.05) is 48.5 Å². The Morgan fingerprint density at radius 3 is 2.00 bits per heavy atom. The zero-order valence-corrected chi connectivity index (χ0v) is 19.6. The maximum absolute atomic E-state index is 12.4. The van der Waals surface area contributed by atoms with E-state index in [2.05, 4.69) is 10.5 Å². The van der Waals surface area contributed by atoms with Crippen LogP contribution in [0.1, 0.15) is 18.1 Å². The molecule has 3 aromatic rings. The highest BCUT2D eigenvalue weighted by atomic mass is 32.2. The molecule has 0 fully saturated rings. The highest BCUT2D eigenvalue weighted by Crippen LogP contribution is 2.36. The lowest BCUT2D eigenvalue weighted by atomic mass is 10.1. The molecule has 0 unspecified atom stereocenters. The molecule has 4 rings (SSSR count). The van der Waals surface area contributed by atoms with Crippen molar-refractivity contribution in [1.82, 2.24) is 0 Å². The lowest BCUT2D eigenvalue weighted by Crippen LogP contribution is -2.38. The van der Waals surface area contributed by atoms with Crippen molar-refractivity contribution in [2.45, 2.75) is 13.0 Å². The average Bonchev–Trinajstić information content (AvgIpc) is 3.11. The Kier molecular flexibility index (Phi) is 6.67. The van der Waals surface area contributed by atoms with Gasteiger partial charge in [-0.15, -0.1) is 0 Å². The summed E-state index contributed by atoms with van der Waals surface area (Å²) >= 11 is 0. The number of carbonyl (C=O) groups is 1. The SMILES string of the molecule is CC(=O)Nc1ccc(N(C[C@@H](O)CON=C2c3ccccc3-c3ccccc32)S(C)(=O)=O)cc1. The molecule has 3 aromatic carbocycles. The predicted molar refractivity (Wildman–Crippen MR) is 132 cm³/mol. The van der Waals surface area contributed by atoms with Gasteiger partial charge in [0.2, 0.25) is 15.9 Å². The number of fused-ring (bicyclic) bond motifs is 3. The summed E-state index contributed by atoms with van der Waals surface area (Å²) in [7, 11) is -3.67. The number of hydrogen-bond acceptors (Lipinski definition) is 6. The zero-order valence-electron chi connectivity index (χ0n) is 18.8. The Labute approximate surface area is 198 Å². The first-order valence-corrected chi connectivity index (χ1v) is 12.5. The molecule has 0 spiro atoms. The van der Waals surface area contributed by atoms with Crippen LogP contribution in [0.5, 0.6) is 0 Å². The van der Waals surface area contributed by atoms with E-state index in [1.54, 1.807) is 24.3 Å². The van der Waals surface area contributed by atoms with Crippen molar-refractivity contribution < 1.29 is 23.2 Å². The van der Waals surface area contributed by atoms with Gasteiger partial charge in [-0.05, 0) is 35.4 Å². The quantitative estimate of drug-likeness (QED) is 0.377. The summed E-state index contributed by atoms with van der Waals surface area (Å²) in [6.45, 7) is 0.985. The van der Waals surface area contributed by atoms with Crippen molar-refractivity contribution in [3.05, 3.63) is 83.9 Å². The smallest absolute Gasteiger partial charge is 0.232 e. The number of hydrogen-bond donors (Lipinski definition) is 2. The molecule has 0 radical (unpaired) electrons. The largest absolute Gasteiger partial charge is 0.392 e. The third-order valence-corrected chi connectivity index (χ3v) is 6.49. The first kappa shape index (κ1) is 23.5. The van der Waals surface area contributed by atoms with Crippen molar-refractivity contribution in [2.75, 3.05) is 29.0 Å². The van der Waals surface area contributed by atoms with E-state index in [0.29, 0.717) is 17.1 Å². The van der Waals surface area contributed by atoms with Gasteiger partial charge in [-0.2, -0.15) is 0 Å². The zero-order chi connectivity index (χ0) is 24.3. The van der Waals surface area contributed by atoms with Gasteiger partial charge in [0.25, 0.3) is 0 Å². The van der Waals surface area contributed by atoms with Crippen LogP contribution in [-0.2, 0) is 19.7 Å². The molecule has 0 saturated carbocycles. The number of aliphatic hydroxyl groups excluding tert-OH is 1. The highest BCUT2D eigenvalue weighted by Gasteiger charge is 2.25. The second-order valence-corrected chi connectivity index (χ2v) is 9.91. The second kappa shape index (κ2) is 9.66. The Morgan fingerprint density at radius 2 is 1.50 bits per heavy atom. The molecule has 8 nitrogen and oxygen atoms in total. The van der Waals surface area contributed by atoms with Crippen molar-refractivity contribution in [1.29, 1.82) is 0 Å². The number of rotatable bonds is 8. The molecule has 1 atom stereocenters. The van der Waals surface area contributed by atoms with E-state index < -0.39 is 16.1 Å². The standard InChI is InChI=1S/C25H25N3O5S/c1-17(29)26-18-11-13-19(14-12-18)28(34(2,31)32)15-20(30)16-33-27-25-23-9-5-3-7-21(23)22-8-4-6-10-24(22)25/h3-14,20,30H,15-16H2,1-2H3,(H,26,29)/t20-/m1/s1. The van der Waals surface area contributed by atoms with Crippen LogP contribution in [0.3, 0.4) is 0 Å². The monoisotopic (exact) mass is 479 g/mol. The maximum Gasteiger partial charge on any atom is 0.232 e. The van der Waals surface area contributed by atoms with E-state index in [0.717, 1.165) is 32.8 Å². The van der Waals surface area contributed by atoms with E-state index in [9.17, 15) is 18.3 Å². The van der Waals surface area contributed by atoms with Crippen LogP contribution in [0.4, 0.5) is 11.4 Å². The molecular weight excluding hydrogens is 454 g/mol. The molecule has 2 N–H and O–H groups in total. The van der Waals surface area contributed by atoms with Crippen LogP contribution in [0.2, 0.25) is 0 Å². The average molecular weight is 480 g/mol. The minimum absolute atomic E-state index is 0.191. The Bertz CT molecular complexity index is 1290.